The summed E-state index contributed by atoms with van der Waals surface area (Å²) in [6.45, 7) is 8.56. The summed E-state index contributed by atoms with van der Waals surface area (Å²) in [4.78, 5) is 13.1. The van der Waals surface area contributed by atoms with Crippen molar-refractivity contribution in [3.8, 4) is 0 Å². The molecule has 3 aromatic rings. The molecule has 1 N–H and O–H groups in total. The molecule has 7 nitrogen and oxygen atoms in total. The standard InChI is InChI=1S/C23H27ClN4O3S/c1-14-9-15(2)11-20(10-14)28(32(30,31)23-17(4)26-27(6)18(23)5)13-22(29)25-21-8-7-19(24)12-16(21)3/h7-12H,13H2,1-6H3,(H,25,29). The van der Waals surface area contributed by atoms with Gasteiger partial charge in [0.2, 0.25) is 5.91 Å². The van der Waals surface area contributed by atoms with Crippen molar-refractivity contribution >= 4 is 38.9 Å². The minimum atomic E-state index is -4.06. The Morgan fingerprint density at radius 3 is 2.22 bits per heavy atom. The van der Waals surface area contributed by atoms with Gasteiger partial charge >= 0.3 is 0 Å². The lowest BCUT2D eigenvalue weighted by atomic mass is 10.1. The van der Waals surface area contributed by atoms with Crippen molar-refractivity contribution in [1.29, 1.82) is 0 Å². The lowest BCUT2D eigenvalue weighted by molar-refractivity contribution is -0.114. The van der Waals surface area contributed by atoms with Crippen LogP contribution >= 0.6 is 11.6 Å². The van der Waals surface area contributed by atoms with Gasteiger partial charge in [-0.15, -0.1) is 0 Å². The second kappa shape index (κ2) is 8.96. The summed E-state index contributed by atoms with van der Waals surface area (Å²) in [5.41, 5.74) is 4.46. The van der Waals surface area contributed by atoms with Gasteiger partial charge in [-0.3, -0.25) is 13.8 Å². The number of halogens is 1. The van der Waals surface area contributed by atoms with Crippen LogP contribution in [0.4, 0.5) is 11.4 Å². The molecule has 0 spiro atoms. The molecule has 32 heavy (non-hydrogen) atoms. The van der Waals surface area contributed by atoms with Crippen molar-refractivity contribution in [1.82, 2.24) is 9.78 Å². The van der Waals surface area contributed by atoms with Gasteiger partial charge < -0.3 is 5.32 Å². The largest absolute Gasteiger partial charge is 0.324 e. The number of nitrogens with zero attached hydrogens (tertiary/aromatic N) is 3. The molecule has 0 bridgehead atoms. The Hall–Kier alpha value is -2.84. The summed E-state index contributed by atoms with van der Waals surface area (Å²) in [6, 6.07) is 10.6. The van der Waals surface area contributed by atoms with Gasteiger partial charge in [0.05, 0.1) is 17.1 Å². The van der Waals surface area contributed by atoms with E-state index in [2.05, 4.69) is 10.4 Å². The van der Waals surface area contributed by atoms with E-state index in [1.54, 1.807) is 51.2 Å². The molecule has 9 heteroatoms. The second-order valence-corrected chi connectivity index (χ2v) is 10.2. The van der Waals surface area contributed by atoms with Crippen LogP contribution in [0.3, 0.4) is 0 Å². The highest BCUT2D eigenvalue weighted by Gasteiger charge is 2.32. The Morgan fingerprint density at radius 2 is 1.69 bits per heavy atom. The van der Waals surface area contributed by atoms with Crippen LogP contribution < -0.4 is 9.62 Å². The van der Waals surface area contributed by atoms with E-state index in [4.69, 9.17) is 11.6 Å². The molecule has 170 valence electrons. The number of anilines is 2. The minimum Gasteiger partial charge on any atom is -0.324 e. The van der Waals surface area contributed by atoms with E-state index in [1.165, 1.54) is 4.68 Å². The molecule has 0 aliphatic rings. The Morgan fingerprint density at radius 1 is 1.06 bits per heavy atom. The molecule has 0 aliphatic heterocycles. The summed E-state index contributed by atoms with van der Waals surface area (Å²) in [5.74, 6) is -0.461. The minimum absolute atomic E-state index is 0.106. The first-order chi connectivity index (χ1) is 14.9. The van der Waals surface area contributed by atoms with Gasteiger partial charge in [-0.2, -0.15) is 5.10 Å². The van der Waals surface area contributed by atoms with Crippen molar-refractivity contribution < 1.29 is 13.2 Å². The molecular weight excluding hydrogens is 448 g/mol. The van der Waals surface area contributed by atoms with Crippen LogP contribution in [-0.4, -0.2) is 30.7 Å². The molecule has 3 rings (SSSR count). The molecular formula is C23H27ClN4O3S. The first kappa shape index (κ1) is 23.8. The second-order valence-electron chi connectivity index (χ2n) is 7.99. The third-order valence-corrected chi connectivity index (χ3v) is 7.50. The zero-order valence-corrected chi connectivity index (χ0v) is 20.6. The van der Waals surface area contributed by atoms with Gasteiger partial charge in [0.25, 0.3) is 10.0 Å². The summed E-state index contributed by atoms with van der Waals surface area (Å²) < 4.78 is 30.2. The van der Waals surface area contributed by atoms with Crippen molar-refractivity contribution in [2.24, 2.45) is 7.05 Å². The van der Waals surface area contributed by atoms with Crippen LogP contribution in [0.2, 0.25) is 5.02 Å². The Bertz CT molecular complexity index is 1280. The van der Waals surface area contributed by atoms with Gasteiger partial charge in [0.15, 0.2) is 0 Å². The van der Waals surface area contributed by atoms with E-state index in [9.17, 15) is 13.2 Å². The quantitative estimate of drug-likeness (QED) is 0.572. The van der Waals surface area contributed by atoms with Crippen LogP contribution in [0.1, 0.15) is 28.1 Å². The Balaban J connectivity index is 2.06. The molecule has 1 aromatic heterocycles. The predicted octanol–water partition coefficient (Wildman–Crippen LogP) is 4.45. The molecule has 0 radical (unpaired) electrons. The summed E-state index contributed by atoms with van der Waals surface area (Å²) in [5, 5.41) is 7.61. The number of hydrogen-bond acceptors (Lipinski definition) is 4. The van der Waals surface area contributed by atoms with Crippen molar-refractivity contribution in [2.45, 2.75) is 39.5 Å². The van der Waals surface area contributed by atoms with Crippen molar-refractivity contribution in [2.75, 3.05) is 16.2 Å². The number of carbonyl (C=O) groups excluding carboxylic acids is 1. The fourth-order valence-corrected chi connectivity index (χ4v) is 5.77. The normalized spacial score (nSPS) is 11.5. The highest BCUT2D eigenvalue weighted by molar-refractivity contribution is 7.93. The predicted molar refractivity (Wildman–Crippen MR) is 128 cm³/mol. The molecule has 2 aromatic carbocycles. The lowest BCUT2D eigenvalue weighted by Crippen LogP contribution is -2.38. The van der Waals surface area contributed by atoms with Gasteiger partial charge in [-0.05, 0) is 81.6 Å². The van der Waals surface area contributed by atoms with E-state index >= 15 is 0 Å². The number of nitrogens with one attached hydrogen (secondary N) is 1. The summed E-state index contributed by atoms with van der Waals surface area (Å²) in [6.07, 6.45) is 0. The average Bonchev–Trinajstić information content (AvgIpc) is 2.93. The SMILES string of the molecule is Cc1cc(C)cc(N(CC(=O)Nc2ccc(Cl)cc2C)S(=O)(=O)c2c(C)nn(C)c2C)c1. The number of amides is 1. The number of rotatable bonds is 6. The van der Waals surface area contributed by atoms with E-state index in [-0.39, 0.29) is 11.4 Å². The van der Waals surface area contributed by atoms with Crippen molar-refractivity contribution in [3.63, 3.8) is 0 Å². The smallest absolute Gasteiger partial charge is 0.268 e. The lowest BCUT2D eigenvalue weighted by Gasteiger charge is -2.25. The first-order valence-corrected chi connectivity index (χ1v) is 11.9. The average molecular weight is 475 g/mol. The molecule has 1 amide bonds. The molecule has 0 saturated carbocycles. The third-order valence-electron chi connectivity index (χ3n) is 5.23. The number of sulfonamides is 1. The van der Waals surface area contributed by atoms with Gasteiger partial charge in [-0.25, -0.2) is 8.42 Å². The van der Waals surface area contributed by atoms with E-state index in [1.807, 2.05) is 26.8 Å². The van der Waals surface area contributed by atoms with Crippen LogP contribution in [0.15, 0.2) is 41.3 Å². The number of aromatic nitrogens is 2. The van der Waals surface area contributed by atoms with Crippen molar-refractivity contribution in [3.05, 3.63) is 69.5 Å². The third kappa shape index (κ3) is 4.81. The first-order valence-electron chi connectivity index (χ1n) is 10.1. The monoisotopic (exact) mass is 474 g/mol. The maximum Gasteiger partial charge on any atom is 0.268 e. The molecule has 0 saturated heterocycles. The van der Waals surface area contributed by atoms with E-state index < -0.39 is 15.9 Å². The number of carbonyl (C=O) groups is 1. The molecule has 0 fully saturated rings. The van der Waals surface area contributed by atoms with Gasteiger partial charge in [0, 0.05) is 17.8 Å². The number of benzene rings is 2. The Kier molecular flexibility index (Phi) is 6.67. The number of aryl methyl sites for hydroxylation is 5. The van der Waals surface area contributed by atoms with Crippen LogP contribution in [-0.2, 0) is 21.9 Å². The van der Waals surface area contributed by atoms with Crippen LogP contribution in [0, 0.1) is 34.6 Å². The van der Waals surface area contributed by atoms with Gasteiger partial charge in [0.1, 0.15) is 11.4 Å². The molecule has 0 aliphatic carbocycles. The maximum atomic E-state index is 13.8. The molecule has 0 atom stereocenters. The topological polar surface area (TPSA) is 84.3 Å². The maximum absolute atomic E-state index is 13.8. The molecule has 0 unspecified atom stereocenters. The molecule has 1 heterocycles. The zero-order valence-electron chi connectivity index (χ0n) is 19.0. The number of hydrogen-bond donors (Lipinski definition) is 1. The summed E-state index contributed by atoms with van der Waals surface area (Å²) in [7, 11) is -2.37. The van der Waals surface area contributed by atoms with Crippen LogP contribution in [0.5, 0.6) is 0 Å². The summed E-state index contributed by atoms with van der Waals surface area (Å²) >= 11 is 6.00. The van der Waals surface area contributed by atoms with Gasteiger partial charge in [-0.1, -0.05) is 17.7 Å². The zero-order chi connectivity index (χ0) is 23.8. The fraction of sp³-hybridized carbons (Fsp3) is 0.304. The highest BCUT2D eigenvalue weighted by atomic mass is 35.5. The van der Waals surface area contributed by atoms with Crippen LogP contribution in [0.25, 0.3) is 0 Å². The fourth-order valence-electron chi connectivity index (χ4n) is 3.73. The highest BCUT2D eigenvalue weighted by Crippen LogP contribution is 2.29. The van der Waals surface area contributed by atoms with E-state index in [0.717, 1.165) is 21.0 Å². The Labute approximate surface area is 194 Å². The van der Waals surface area contributed by atoms with E-state index in [0.29, 0.717) is 27.8 Å².